The molecule has 6 aromatic carbocycles. The Kier molecular flexibility index (Phi) is 4.63. The molecule has 2 aliphatic rings. The van der Waals surface area contributed by atoms with E-state index in [1.165, 1.54) is 88.3 Å². The van der Waals surface area contributed by atoms with E-state index in [0.717, 1.165) is 5.56 Å². The topological polar surface area (TPSA) is 17.8 Å². The Morgan fingerprint density at radius 1 is 0.511 bits per heavy atom. The van der Waals surface area contributed by atoms with Crippen molar-refractivity contribution in [3.05, 3.63) is 144 Å². The Bertz CT molecular complexity index is 2390. The molecular weight excluding hydrogens is 544 g/mol. The van der Waals surface area contributed by atoms with Crippen LogP contribution in [0.25, 0.3) is 71.6 Å². The first-order valence-electron chi connectivity index (χ1n) is 16.0. The average Bonchev–Trinajstić information content (AvgIpc) is 3.62. The van der Waals surface area contributed by atoms with Crippen molar-refractivity contribution in [2.75, 3.05) is 0 Å². The summed E-state index contributed by atoms with van der Waals surface area (Å²) in [5.74, 6) is 0. The molecule has 214 valence electrons. The number of hydrogen-bond donors (Lipinski definition) is 0. The van der Waals surface area contributed by atoms with Crippen LogP contribution in [0.5, 0.6) is 0 Å². The normalized spacial score (nSPS) is 15.5. The van der Waals surface area contributed by atoms with Crippen molar-refractivity contribution in [2.45, 2.75) is 38.5 Å². The summed E-state index contributed by atoms with van der Waals surface area (Å²) in [4.78, 5) is 4.45. The minimum absolute atomic E-state index is 0.152. The summed E-state index contributed by atoms with van der Waals surface area (Å²) >= 11 is 0. The lowest BCUT2D eigenvalue weighted by molar-refractivity contribution is 0.660. The van der Waals surface area contributed by atoms with Gasteiger partial charge in [0, 0.05) is 45.2 Å². The molecule has 0 saturated heterocycles. The molecule has 0 aliphatic heterocycles. The van der Waals surface area contributed by atoms with Crippen molar-refractivity contribution >= 4 is 32.6 Å². The van der Waals surface area contributed by atoms with Gasteiger partial charge in [-0.15, -0.1) is 0 Å². The average molecular weight is 577 g/mol. The van der Waals surface area contributed by atoms with E-state index < -0.39 is 0 Å². The Morgan fingerprint density at radius 2 is 1.07 bits per heavy atom. The first kappa shape index (κ1) is 25.2. The minimum Gasteiger partial charge on any atom is -0.309 e. The van der Waals surface area contributed by atoms with Crippen molar-refractivity contribution < 1.29 is 0 Å². The van der Waals surface area contributed by atoms with E-state index in [9.17, 15) is 0 Å². The summed E-state index contributed by atoms with van der Waals surface area (Å²) in [5, 5.41) is 5.38. The molecule has 10 rings (SSSR count). The molecule has 2 heterocycles. The molecule has 0 spiro atoms. The van der Waals surface area contributed by atoms with Crippen LogP contribution in [0.4, 0.5) is 0 Å². The molecule has 0 fully saturated rings. The number of rotatable bonds is 2. The molecule has 2 heteroatoms. The third kappa shape index (κ3) is 3.02. The summed E-state index contributed by atoms with van der Waals surface area (Å²) < 4.78 is 2.64. The van der Waals surface area contributed by atoms with Crippen LogP contribution in [0.3, 0.4) is 0 Å². The molecule has 8 aromatic rings. The van der Waals surface area contributed by atoms with Gasteiger partial charge in [0.15, 0.2) is 0 Å². The minimum atomic E-state index is -0.152. The van der Waals surface area contributed by atoms with Crippen LogP contribution in [0.2, 0.25) is 0 Å². The van der Waals surface area contributed by atoms with Crippen molar-refractivity contribution in [1.29, 1.82) is 0 Å². The van der Waals surface area contributed by atoms with Gasteiger partial charge in [-0.1, -0.05) is 107 Å². The van der Waals surface area contributed by atoms with Gasteiger partial charge < -0.3 is 4.57 Å². The van der Waals surface area contributed by atoms with Crippen LogP contribution in [0.15, 0.2) is 122 Å². The lowest BCUT2D eigenvalue weighted by Crippen LogP contribution is -2.18. The summed E-state index contributed by atoms with van der Waals surface area (Å²) in [7, 11) is 0. The highest BCUT2D eigenvalue weighted by atomic mass is 15.0. The molecule has 2 nitrogen and oxygen atoms in total. The largest absolute Gasteiger partial charge is 0.309 e. The molecule has 2 aliphatic carbocycles. The first-order valence-corrected chi connectivity index (χ1v) is 16.0. The molecule has 45 heavy (non-hydrogen) atoms. The van der Waals surface area contributed by atoms with Crippen LogP contribution in [0, 0.1) is 0 Å². The van der Waals surface area contributed by atoms with Crippen molar-refractivity contribution in [1.82, 2.24) is 9.55 Å². The summed E-state index contributed by atoms with van der Waals surface area (Å²) in [6.07, 6.45) is 3.81. The molecular formula is C43H32N2. The van der Waals surface area contributed by atoms with Crippen molar-refractivity contribution in [2.24, 2.45) is 0 Å². The SMILES string of the molecule is CC1(C)c2ccccc2-c2cc3ccc4cc5c(c6c4c3c(c21)n6-c1cccc(-c2cccnc2)c1)C(C)(C)c1ccccc1-5. The van der Waals surface area contributed by atoms with Crippen LogP contribution < -0.4 is 0 Å². The number of aromatic nitrogens is 2. The van der Waals surface area contributed by atoms with Gasteiger partial charge in [-0.05, 0) is 91.2 Å². The van der Waals surface area contributed by atoms with Gasteiger partial charge in [-0.3, -0.25) is 4.98 Å². The van der Waals surface area contributed by atoms with Gasteiger partial charge in [0.05, 0.1) is 11.0 Å². The fraction of sp³-hybridized carbons (Fsp3) is 0.140. The molecule has 0 N–H and O–H groups in total. The Labute approximate surface area is 263 Å². The molecule has 0 unspecified atom stereocenters. The molecule has 0 saturated carbocycles. The summed E-state index contributed by atoms with van der Waals surface area (Å²) in [6.45, 7) is 9.66. The third-order valence-corrected chi connectivity index (χ3v) is 10.9. The van der Waals surface area contributed by atoms with Gasteiger partial charge in [0.2, 0.25) is 0 Å². The number of hydrogen-bond acceptors (Lipinski definition) is 1. The number of pyridine rings is 1. The third-order valence-electron chi connectivity index (χ3n) is 10.9. The van der Waals surface area contributed by atoms with E-state index in [2.05, 4.69) is 140 Å². The Balaban J connectivity index is 1.45. The molecule has 0 radical (unpaired) electrons. The van der Waals surface area contributed by atoms with Gasteiger partial charge >= 0.3 is 0 Å². The van der Waals surface area contributed by atoms with Crippen molar-refractivity contribution in [3.63, 3.8) is 0 Å². The maximum Gasteiger partial charge on any atom is 0.0594 e. The number of nitrogens with zero attached hydrogens (tertiary/aromatic N) is 2. The van der Waals surface area contributed by atoms with E-state index >= 15 is 0 Å². The number of fused-ring (bicyclic) bond motifs is 8. The second-order valence-corrected chi connectivity index (χ2v) is 14.0. The van der Waals surface area contributed by atoms with Gasteiger partial charge in [-0.2, -0.15) is 0 Å². The maximum absolute atomic E-state index is 4.45. The standard InChI is InChI=1S/C43H32N2/c1-42(2)34-16-7-5-14-30(34)32-22-26-18-19-27-23-33-31-15-6-8-17-35(31)43(3,4)39(33)41-37(27)36(26)40(38(32)42)45(41)29-13-9-11-25(21-29)28-12-10-20-44-24-28/h5-24H,1-4H3. The van der Waals surface area contributed by atoms with Gasteiger partial charge in [-0.25, -0.2) is 0 Å². The van der Waals surface area contributed by atoms with E-state index in [1.807, 2.05) is 18.5 Å². The van der Waals surface area contributed by atoms with Crippen molar-refractivity contribution in [3.8, 4) is 39.1 Å². The fourth-order valence-corrected chi connectivity index (χ4v) is 9.01. The fourth-order valence-electron chi connectivity index (χ4n) is 9.01. The maximum atomic E-state index is 4.45. The molecule has 0 bridgehead atoms. The highest BCUT2D eigenvalue weighted by Gasteiger charge is 2.42. The quantitative estimate of drug-likeness (QED) is 0.187. The van der Waals surface area contributed by atoms with Gasteiger partial charge in [0.1, 0.15) is 0 Å². The zero-order valence-electron chi connectivity index (χ0n) is 25.9. The molecule has 2 aromatic heterocycles. The molecule has 0 atom stereocenters. The van der Waals surface area contributed by atoms with Crippen LogP contribution >= 0.6 is 0 Å². The van der Waals surface area contributed by atoms with Crippen LogP contribution in [-0.2, 0) is 10.8 Å². The van der Waals surface area contributed by atoms with Gasteiger partial charge in [0.25, 0.3) is 0 Å². The lowest BCUT2D eigenvalue weighted by atomic mass is 9.80. The van der Waals surface area contributed by atoms with Crippen LogP contribution in [0.1, 0.15) is 49.9 Å². The predicted molar refractivity (Wildman–Crippen MR) is 188 cm³/mol. The lowest BCUT2D eigenvalue weighted by Gasteiger charge is -2.25. The first-order chi connectivity index (χ1) is 21.9. The van der Waals surface area contributed by atoms with Crippen LogP contribution in [-0.4, -0.2) is 9.55 Å². The highest BCUT2D eigenvalue weighted by Crippen LogP contribution is 2.58. The van der Waals surface area contributed by atoms with E-state index in [-0.39, 0.29) is 10.8 Å². The predicted octanol–water partition coefficient (Wildman–Crippen LogP) is 11.0. The second kappa shape index (κ2) is 8.28. The zero-order chi connectivity index (χ0) is 30.2. The smallest absolute Gasteiger partial charge is 0.0594 e. The Morgan fingerprint density at radius 3 is 1.62 bits per heavy atom. The summed E-state index contributed by atoms with van der Waals surface area (Å²) in [6, 6.07) is 40.9. The second-order valence-electron chi connectivity index (χ2n) is 14.0. The van der Waals surface area contributed by atoms with E-state index in [4.69, 9.17) is 0 Å². The number of benzene rings is 6. The monoisotopic (exact) mass is 576 g/mol. The molecule has 0 amide bonds. The Hall–Kier alpha value is -5.21. The van der Waals surface area contributed by atoms with E-state index in [0.29, 0.717) is 0 Å². The van der Waals surface area contributed by atoms with E-state index in [1.54, 1.807) is 0 Å². The summed E-state index contributed by atoms with van der Waals surface area (Å²) in [5.41, 5.74) is 17.0. The zero-order valence-corrected chi connectivity index (χ0v) is 25.9. The highest BCUT2D eigenvalue weighted by molar-refractivity contribution is 6.28.